The van der Waals surface area contributed by atoms with Gasteiger partial charge in [0.1, 0.15) is 5.52 Å². The van der Waals surface area contributed by atoms with Crippen molar-refractivity contribution in [2.75, 3.05) is 0 Å². The summed E-state index contributed by atoms with van der Waals surface area (Å²) < 4.78 is 1.54. The van der Waals surface area contributed by atoms with Crippen LogP contribution in [0.4, 0.5) is 0 Å². The maximum absolute atomic E-state index is 12.1. The lowest BCUT2D eigenvalue weighted by Gasteiger charge is -2.19. The molecule has 6 nitrogen and oxygen atoms in total. The summed E-state index contributed by atoms with van der Waals surface area (Å²) in [5.74, 6) is 0. The molecule has 20 heavy (non-hydrogen) atoms. The van der Waals surface area contributed by atoms with Crippen molar-refractivity contribution in [1.29, 1.82) is 5.41 Å². The second kappa shape index (κ2) is 4.96. The van der Waals surface area contributed by atoms with Gasteiger partial charge in [-0.05, 0) is 27.7 Å². The third-order valence-corrected chi connectivity index (χ3v) is 2.82. The summed E-state index contributed by atoms with van der Waals surface area (Å²) >= 11 is 0. The van der Waals surface area contributed by atoms with Gasteiger partial charge < -0.3 is 15.7 Å². The molecule has 0 spiro atoms. The lowest BCUT2D eigenvalue weighted by atomic mass is 10.1. The minimum absolute atomic E-state index is 0.110. The van der Waals surface area contributed by atoms with Crippen molar-refractivity contribution in [3.63, 3.8) is 0 Å². The van der Waals surface area contributed by atoms with Crippen LogP contribution in [0.5, 0.6) is 0 Å². The number of aryl methyl sites for hydroxylation is 1. The van der Waals surface area contributed by atoms with E-state index in [2.05, 4.69) is 15.4 Å². The SMILES string of the molecule is Cc1cnn2cc(/C(C=N)=C/NC(C)(C)C)[nH]c(=O)c12. The molecule has 3 N–H and O–H groups in total. The number of rotatable bonds is 3. The summed E-state index contributed by atoms with van der Waals surface area (Å²) in [7, 11) is 0. The Bertz CT molecular complexity index is 730. The molecule has 0 saturated carbocycles. The van der Waals surface area contributed by atoms with Gasteiger partial charge in [0.2, 0.25) is 0 Å². The quantitative estimate of drug-likeness (QED) is 0.744. The van der Waals surface area contributed by atoms with Gasteiger partial charge in [0.15, 0.2) is 0 Å². The van der Waals surface area contributed by atoms with E-state index in [1.54, 1.807) is 18.6 Å². The Hall–Kier alpha value is -2.37. The van der Waals surface area contributed by atoms with Gasteiger partial charge in [0.05, 0.1) is 18.1 Å². The number of aromatic amines is 1. The summed E-state index contributed by atoms with van der Waals surface area (Å²) in [4.78, 5) is 14.9. The number of aromatic nitrogens is 3. The molecule has 0 aromatic carbocycles. The third-order valence-electron chi connectivity index (χ3n) is 2.82. The van der Waals surface area contributed by atoms with Gasteiger partial charge in [-0.1, -0.05) is 0 Å². The minimum Gasteiger partial charge on any atom is -0.386 e. The van der Waals surface area contributed by atoms with E-state index in [-0.39, 0.29) is 11.1 Å². The monoisotopic (exact) mass is 273 g/mol. The van der Waals surface area contributed by atoms with E-state index in [1.807, 2.05) is 27.7 Å². The lowest BCUT2D eigenvalue weighted by Crippen LogP contribution is -2.31. The highest BCUT2D eigenvalue weighted by atomic mass is 16.1. The first-order chi connectivity index (χ1) is 9.31. The molecule has 0 atom stereocenters. The Kier molecular flexibility index (Phi) is 3.48. The second-order valence-electron chi connectivity index (χ2n) is 5.76. The molecule has 0 aliphatic rings. The molecule has 6 heteroatoms. The van der Waals surface area contributed by atoms with Gasteiger partial charge in [-0.3, -0.25) is 4.79 Å². The number of nitrogens with one attached hydrogen (secondary N) is 3. The van der Waals surface area contributed by atoms with Crippen LogP contribution in [0, 0.1) is 12.3 Å². The standard InChI is InChI=1S/C14H19N5O/c1-9-6-17-19-8-11(18-13(20)12(9)19)10(5-15)7-16-14(2,3)4/h5-8,15-16H,1-4H3,(H,18,20)/b10-7+,15-5?. The average Bonchev–Trinajstić information content (AvgIpc) is 2.71. The number of H-pyrrole nitrogens is 1. The molecule has 2 heterocycles. The van der Waals surface area contributed by atoms with E-state index >= 15 is 0 Å². The fourth-order valence-electron chi connectivity index (χ4n) is 1.80. The molecular weight excluding hydrogens is 254 g/mol. The molecule has 0 saturated heterocycles. The Labute approximate surface area is 117 Å². The van der Waals surface area contributed by atoms with Crippen molar-refractivity contribution >= 4 is 17.3 Å². The van der Waals surface area contributed by atoms with Gasteiger partial charge in [0.25, 0.3) is 5.56 Å². The van der Waals surface area contributed by atoms with Crippen LogP contribution in [-0.4, -0.2) is 26.4 Å². The van der Waals surface area contributed by atoms with E-state index in [0.717, 1.165) is 5.56 Å². The number of fused-ring (bicyclic) bond motifs is 1. The molecule has 2 rings (SSSR count). The summed E-state index contributed by atoms with van der Waals surface area (Å²) in [5.41, 5.74) is 2.18. The summed E-state index contributed by atoms with van der Waals surface area (Å²) in [5, 5.41) is 14.8. The Balaban J connectivity index is 2.51. The number of allylic oxidation sites excluding steroid dienone is 1. The van der Waals surface area contributed by atoms with Gasteiger partial charge in [0, 0.05) is 29.1 Å². The van der Waals surface area contributed by atoms with Gasteiger partial charge in [-0.2, -0.15) is 5.10 Å². The van der Waals surface area contributed by atoms with Crippen molar-refractivity contribution in [3.8, 4) is 0 Å². The maximum atomic E-state index is 12.1. The fourth-order valence-corrected chi connectivity index (χ4v) is 1.80. The smallest absolute Gasteiger partial charge is 0.274 e. The molecule has 0 aliphatic carbocycles. The zero-order chi connectivity index (χ0) is 14.9. The summed E-state index contributed by atoms with van der Waals surface area (Å²) in [6.45, 7) is 7.90. The normalized spacial score (nSPS) is 12.7. The van der Waals surface area contributed by atoms with Crippen LogP contribution >= 0.6 is 0 Å². The Morgan fingerprint density at radius 1 is 1.50 bits per heavy atom. The van der Waals surface area contributed by atoms with Crippen molar-refractivity contribution < 1.29 is 0 Å². The predicted molar refractivity (Wildman–Crippen MR) is 80.2 cm³/mol. The molecule has 106 valence electrons. The molecular formula is C14H19N5O. The Morgan fingerprint density at radius 3 is 2.80 bits per heavy atom. The molecule has 2 aromatic rings. The highest BCUT2D eigenvalue weighted by Crippen LogP contribution is 2.11. The first kappa shape index (κ1) is 14.0. The van der Waals surface area contributed by atoms with E-state index in [4.69, 9.17) is 5.41 Å². The highest BCUT2D eigenvalue weighted by Gasteiger charge is 2.10. The molecule has 0 aliphatic heterocycles. The van der Waals surface area contributed by atoms with E-state index in [0.29, 0.717) is 16.8 Å². The first-order valence-corrected chi connectivity index (χ1v) is 6.38. The zero-order valence-corrected chi connectivity index (χ0v) is 12.1. The molecule has 0 bridgehead atoms. The maximum Gasteiger partial charge on any atom is 0.274 e. The first-order valence-electron chi connectivity index (χ1n) is 6.38. The van der Waals surface area contributed by atoms with E-state index in [1.165, 1.54) is 10.7 Å². The van der Waals surface area contributed by atoms with E-state index < -0.39 is 0 Å². The zero-order valence-electron chi connectivity index (χ0n) is 12.1. The predicted octanol–water partition coefficient (Wildman–Crippen LogP) is 1.71. The number of nitrogens with zero attached hydrogens (tertiary/aromatic N) is 2. The second-order valence-corrected chi connectivity index (χ2v) is 5.76. The van der Waals surface area contributed by atoms with Gasteiger partial charge in [-0.15, -0.1) is 0 Å². The van der Waals surface area contributed by atoms with Crippen molar-refractivity contribution in [3.05, 3.63) is 40.2 Å². The van der Waals surface area contributed by atoms with Crippen molar-refractivity contribution in [2.45, 2.75) is 33.2 Å². The van der Waals surface area contributed by atoms with Crippen LogP contribution in [0.2, 0.25) is 0 Å². The largest absolute Gasteiger partial charge is 0.386 e. The van der Waals surface area contributed by atoms with Crippen molar-refractivity contribution in [1.82, 2.24) is 19.9 Å². The molecule has 0 radical (unpaired) electrons. The fraction of sp³-hybridized carbons (Fsp3) is 0.357. The number of hydrogen-bond acceptors (Lipinski definition) is 4. The minimum atomic E-state index is -0.207. The third kappa shape index (κ3) is 2.79. The average molecular weight is 273 g/mol. The van der Waals surface area contributed by atoms with E-state index in [9.17, 15) is 4.79 Å². The van der Waals surface area contributed by atoms with Crippen LogP contribution < -0.4 is 10.9 Å². The summed E-state index contributed by atoms with van der Waals surface area (Å²) in [6, 6.07) is 0. The van der Waals surface area contributed by atoms with Crippen LogP contribution in [0.3, 0.4) is 0 Å². The molecule has 0 fully saturated rings. The van der Waals surface area contributed by atoms with Crippen LogP contribution in [0.15, 0.2) is 23.4 Å². The molecule has 0 amide bonds. The highest BCUT2D eigenvalue weighted by molar-refractivity contribution is 6.07. The topological polar surface area (TPSA) is 86.0 Å². The van der Waals surface area contributed by atoms with Gasteiger partial charge in [-0.25, -0.2) is 4.52 Å². The van der Waals surface area contributed by atoms with Crippen LogP contribution in [0.25, 0.3) is 11.1 Å². The summed E-state index contributed by atoms with van der Waals surface area (Å²) in [6.07, 6.45) is 6.28. The Morgan fingerprint density at radius 2 is 2.20 bits per heavy atom. The van der Waals surface area contributed by atoms with Gasteiger partial charge >= 0.3 is 0 Å². The van der Waals surface area contributed by atoms with Crippen LogP contribution in [0.1, 0.15) is 32.0 Å². The van der Waals surface area contributed by atoms with Crippen LogP contribution in [-0.2, 0) is 0 Å². The lowest BCUT2D eigenvalue weighted by molar-refractivity contribution is 0.492. The van der Waals surface area contributed by atoms with Crippen molar-refractivity contribution in [2.24, 2.45) is 0 Å². The number of hydrogen-bond donors (Lipinski definition) is 3. The molecule has 2 aromatic heterocycles. The molecule has 0 unspecified atom stereocenters.